The molecule has 3 rings (SSSR count). The molecule has 0 aliphatic heterocycles. The number of nitrogens with zero attached hydrogens (tertiary/aromatic N) is 2. The molecule has 0 radical (unpaired) electrons. The van der Waals surface area contributed by atoms with E-state index in [4.69, 9.17) is 11.6 Å². The second kappa shape index (κ2) is 13.9. The molecule has 0 saturated heterocycles. The Hall–Kier alpha value is -3.57. The van der Waals surface area contributed by atoms with Gasteiger partial charge in [0.2, 0.25) is 21.8 Å². The van der Waals surface area contributed by atoms with Crippen LogP contribution in [-0.2, 0) is 38.8 Å². The summed E-state index contributed by atoms with van der Waals surface area (Å²) in [5.41, 5.74) is -0.138. The number of hydrogen-bond donors (Lipinski definition) is 1. The van der Waals surface area contributed by atoms with Crippen LogP contribution in [0.5, 0.6) is 0 Å². The minimum atomic E-state index is -4.72. The van der Waals surface area contributed by atoms with Crippen molar-refractivity contribution in [2.24, 2.45) is 0 Å². The lowest BCUT2D eigenvalue weighted by atomic mass is 10.0. The van der Waals surface area contributed by atoms with E-state index in [1.54, 1.807) is 54.6 Å². The summed E-state index contributed by atoms with van der Waals surface area (Å²) in [6.45, 7) is 1.24. The van der Waals surface area contributed by atoms with Crippen molar-refractivity contribution in [3.8, 4) is 0 Å². The molecule has 1 N–H and O–H groups in total. The molecule has 2 amide bonds. The Bertz CT molecular complexity index is 1450. The van der Waals surface area contributed by atoms with Gasteiger partial charge >= 0.3 is 6.18 Å². The Balaban J connectivity index is 2.08. The van der Waals surface area contributed by atoms with Gasteiger partial charge in [-0.1, -0.05) is 73.1 Å². The molecular weight excluding hydrogens is 579 g/mol. The second-order valence-corrected chi connectivity index (χ2v) is 11.7. The first kappa shape index (κ1) is 32.0. The second-order valence-electron chi connectivity index (χ2n) is 9.43. The van der Waals surface area contributed by atoms with E-state index in [-0.39, 0.29) is 18.7 Å². The Morgan fingerprint density at radius 1 is 0.976 bits per heavy atom. The number of nitrogens with one attached hydrogen (secondary N) is 1. The molecule has 0 aromatic heterocycles. The Labute approximate surface area is 243 Å². The first-order chi connectivity index (χ1) is 19.3. The maximum absolute atomic E-state index is 14.0. The smallest absolute Gasteiger partial charge is 0.354 e. The molecule has 1 atom stereocenters. The van der Waals surface area contributed by atoms with Crippen LogP contribution in [0.15, 0.2) is 78.9 Å². The fraction of sp³-hybridized carbons (Fsp3) is 0.310. The third-order valence-electron chi connectivity index (χ3n) is 6.26. The standard InChI is InChI=1S/C29H31ClF3N3O4S/c1-3-16-34-28(38)26(17-21-10-5-4-6-11-21)35(19-22-12-7-8-15-25(22)30)27(37)20-36(41(2,39)40)24-14-9-13-23(18-24)29(31,32)33/h4-15,18,26H,3,16-17,19-20H2,1-2H3,(H,34,38)/t26-/m1/s1. The highest BCUT2D eigenvalue weighted by atomic mass is 35.5. The van der Waals surface area contributed by atoms with Crippen molar-refractivity contribution < 1.29 is 31.2 Å². The van der Waals surface area contributed by atoms with Gasteiger partial charge in [0.05, 0.1) is 17.5 Å². The molecule has 0 spiro atoms. The average molecular weight is 610 g/mol. The summed E-state index contributed by atoms with van der Waals surface area (Å²) >= 11 is 6.38. The van der Waals surface area contributed by atoms with Gasteiger partial charge in [-0.25, -0.2) is 8.42 Å². The number of rotatable bonds is 12. The van der Waals surface area contributed by atoms with E-state index in [1.807, 2.05) is 6.92 Å². The van der Waals surface area contributed by atoms with Crippen molar-refractivity contribution in [1.82, 2.24) is 10.2 Å². The van der Waals surface area contributed by atoms with Crippen LogP contribution < -0.4 is 9.62 Å². The topological polar surface area (TPSA) is 86.8 Å². The molecular formula is C29H31ClF3N3O4S. The zero-order chi connectivity index (χ0) is 30.2. The summed E-state index contributed by atoms with van der Waals surface area (Å²) in [6, 6.07) is 18.3. The highest BCUT2D eigenvalue weighted by molar-refractivity contribution is 7.92. The van der Waals surface area contributed by atoms with Gasteiger partial charge in [-0.15, -0.1) is 0 Å². The van der Waals surface area contributed by atoms with Gasteiger partial charge in [-0.3, -0.25) is 13.9 Å². The van der Waals surface area contributed by atoms with E-state index in [0.717, 1.165) is 24.0 Å². The van der Waals surface area contributed by atoms with E-state index in [9.17, 15) is 31.2 Å². The number of carbonyl (C=O) groups excluding carboxylic acids is 2. The van der Waals surface area contributed by atoms with Gasteiger partial charge in [0.25, 0.3) is 0 Å². The molecule has 12 heteroatoms. The predicted molar refractivity (Wildman–Crippen MR) is 153 cm³/mol. The Morgan fingerprint density at radius 3 is 2.24 bits per heavy atom. The number of amides is 2. The summed E-state index contributed by atoms with van der Waals surface area (Å²) in [7, 11) is -4.22. The molecule has 0 saturated carbocycles. The normalized spacial score (nSPS) is 12.4. The van der Waals surface area contributed by atoms with Gasteiger partial charge in [0.1, 0.15) is 12.6 Å². The van der Waals surface area contributed by atoms with Crippen LogP contribution in [0.3, 0.4) is 0 Å². The van der Waals surface area contributed by atoms with Crippen molar-refractivity contribution in [3.63, 3.8) is 0 Å². The van der Waals surface area contributed by atoms with E-state index >= 15 is 0 Å². The molecule has 0 aliphatic rings. The largest absolute Gasteiger partial charge is 0.416 e. The molecule has 220 valence electrons. The highest BCUT2D eigenvalue weighted by Gasteiger charge is 2.35. The molecule has 0 aliphatic carbocycles. The number of halogens is 4. The van der Waals surface area contributed by atoms with Crippen LogP contribution in [0.4, 0.5) is 18.9 Å². The fourth-order valence-corrected chi connectivity index (χ4v) is 5.22. The van der Waals surface area contributed by atoms with Crippen LogP contribution in [0.25, 0.3) is 0 Å². The van der Waals surface area contributed by atoms with E-state index in [2.05, 4.69) is 5.32 Å². The van der Waals surface area contributed by atoms with Crippen molar-refractivity contribution >= 4 is 39.1 Å². The lowest BCUT2D eigenvalue weighted by Gasteiger charge is -2.33. The maximum Gasteiger partial charge on any atom is 0.416 e. The zero-order valence-corrected chi connectivity index (χ0v) is 24.1. The minimum absolute atomic E-state index is 0.106. The lowest BCUT2D eigenvalue weighted by Crippen LogP contribution is -2.53. The molecule has 0 heterocycles. The van der Waals surface area contributed by atoms with Crippen LogP contribution in [-0.4, -0.2) is 50.5 Å². The van der Waals surface area contributed by atoms with Crippen LogP contribution in [0, 0.1) is 0 Å². The minimum Gasteiger partial charge on any atom is -0.354 e. The Kier molecular flexibility index (Phi) is 10.8. The average Bonchev–Trinajstić information content (AvgIpc) is 2.92. The molecule has 7 nitrogen and oxygen atoms in total. The number of hydrogen-bond acceptors (Lipinski definition) is 4. The van der Waals surface area contributed by atoms with Crippen molar-refractivity contribution in [1.29, 1.82) is 0 Å². The Morgan fingerprint density at radius 2 is 1.63 bits per heavy atom. The molecule has 3 aromatic carbocycles. The van der Waals surface area contributed by atoms with E-state index in [0.29, 0.717) is 33.9 Å². The summed E-state index contributed by atoms with van der Waals surface area (Å²) in [5.74, 6) is -1.25. The third-order valence-corrected chi connectivity index (χ3v) is 7.77. The van der Waals surface area contributed by atoms with Crippen molar-refractivity contribution in [3.05, 3.63) is 101 Å². The molecule has 0 unspecified atom stereocenters. The van der Waals surface area contributed by atoms with Crippen LogP contribution in [0.2, 0.25) is 5.02 Å². The van der Waals surface area contributed by atoms with E-state index < -0.39 is 46.2 Å². The molecule has 3 aromatic rings. The number of benzene rings is 3. The number of sulfonamides is 1. The summed E-state index contributed by atoms with van der Waals surface area (Å²) in [6.07, 6.45) is -3.18. The summed E-state index contributed by atoms with van der Waals surface area (Å²) in [4.78, 5) is 28.6. The van der Waals surface area contributed by atoms with Crippen LogP contribution >= 0.6 is 11.6 Å². The monoisotopic (exact) mass is 609 g/mol. The van der Waals surface area contributed by atoms with Crippen molar-refractivity contribution in [2.45, 2.75) is 38.5 Å². The number of anilines is 1. The van der Waals surface area contributed by atoms with E-state index in [1.165, 1.54) is 11.0 Å². The molecule has 0 fully saturated rings. The van der Waals surface area contributed by atoms with Gasteiger partial charge in [-0.05, 0) is 41.8 Å². The van der Waals surface area contributed by atoms with Crippen molar-refractivity contribution in [2.75, 3.05) is 23.7 Å². The SMILES string of the molecule is CCCNC(=O)[C@@H](Cc1ccccc1)N(Cc1ccccc1Cl)C(=O)CN(c1cccc(C(F)(F)F)c1)S(C)(=O)=O. The fourth-order valence-electron chi connectivity index (χ4n) is 4.18. The quantitative estimate of drug-likeness (QED) is 0.302. The third kappa shape index (κ3) is 8.96. The maximum atomic E-state index is 14.0. The van der Waals surface area contributed by atoms with Gasteiger partial charge in [0.15, 0.2) is 0 Å². The number of carbonyl (C=O) groups is 2. The lowest BCUT2D eigenvalue weighted by molar-refractivity contribution is -0.140. The zero-order valence-electron chi connectivity index (χ0n) is 22.6. The molecule has 0 bridgehead atoms. The van der Waals surface area contributed by atoms with Crippen LogP contribution in [0.1, 0.15) is 30.0 Å². The number of alkyl halides is 3. The highest BCUT2D eigenvalue weighted by Crippen LogP contribution is 2.32. The first-order valence-corrected chi connectivity index (χ1v) is 15.0. The first-order valence-electron chi connectivity index (χ1n) is 12.8. The summed E-state index contributed by atoms with van der Waals surface area (Å²) < 4.78 is 66.4. The summed E-state index contributed by atoms with van der Waals surface area (Å²) in [5, 5.41) is 3.13. The van der Waals surface area contributed by atoms with Gasteiger partial charge in [0, 0.05) is 24.5 Å². The van der Waals surface area contributed by atoms with Gasteiger partial charge < -0.3 is 10.2 Å². The van der Waals surface area contributed by atoms with Gasteiger partial charge in [-0.2, -0.15) is 13.2 Å². The molecule has 41 heavy (non-hydrogen) atoms. The predicted octanol–water partition coefficient (Wildman–Crippen LogP) is 5.29.